The lowest BCUT2D eigenvalue weighted by atomic mass is 9.99. The van der Waals surface area contributed by atoms with Crippen molar-refractivity contribution in [1.29, 1.82) is 0 Å². The summed E-state index contributed by atoms with van der Waals surface area (Å²) < 4.78 is 1.69. The van der Waals surface area contributed by atoms with Gasteiger partial charge in [0, 0.05) is 11.5 Å². The highest BCUT2D eigenvalue weighted by molar-refractivity contribution is 9.18. The van der Waals surface area contributed by atoms with Crippen molar-refractivity contribution in [3.05, 3.63) is 58.7 Å². The van der Waals surface area contributed by atoms with E-state index < -0.39 is 0 Å². The molecule has 0 saturated heterocycles. The van der Waals surface area contributed by atoms with E-state index in [2.05, 4.69) is 61.7 Å². The number of rotatable bonds is 3. The molecule has 1 aliphatic carbocycles. The molecule has 1 nitrogen and oxygen atoms in total. The molecule has 17 heavy (non-hydrogen) atoms. The molecule has 0 saturated carbocycles. The molecule has 0 N–H and O–H groups in total. The van der Waals surface area contributed by atoms with E-state index in [1.54, 1.807) is 7.05 Å². The first-order chi connectivity index (χ1) is 8.15. The van der Waals surface area contributed by atoms with Crippen LogP contribution in [-0.4, -0.2) is 11.7 Å². The van der Waals surface area contributed by atoms with Crippen molar-refractivity contribution in [2.75, 3.05) is 7.05 Å². The van der Waals surface area contributed by atoms with E-state index >= 15 is 0 Å². The highest BCUT2D eigenvalue weighted by atomic mass is 79.9. The van der Waals surface area contributed by atoms with Crippen molar-refractivity contribution < 1.29 is 0 Å². The molecule has 0 spiro atoms. The minimum Gasteiger partial charge on any atom is -0.281 e. The van der Waals surface area contributed by atoms with Gasteiger partial charge in [-0.3, -0.25) is 4.99 Å². The summed E-state index contributed by atoms with van der Waals surface area (Å²) in [4.78, 5) is 4.08. The molecule has 0 heterocycles. The Kier molecular flexibility index (Phi) is 6.45. The van der Waals surface area contributed by atoms with Gasteiger partial charge < -0.3 is 0 Å². The van der Waals surface area contributed by atoms with E-state index in [-0.39, 0.29) is 0 Å². The first-order valence-electron chi connectivity index (χ1n) is 5.36. The number of aliphatic imine (C=N–C) groups is 1. The lowest BCUT2D eigenvalue weighted by Crippen LogP contribution is -1.94. The summed E-state index contributed by atoms with van der Waals surface area (Å²) in [5, 5.41) is 0. The summed E-state index contributed by atoms with van der Waals surface area (Å²) in [6, 6.07) is 0. The van der Waals surface area contributed by atoms with Crippen molar-refractivity contribution in [2.24, 2.45) is 4.99 Å². The zero-order valence-corrected chi connectivity index (χ0v) is 13.0. The highest BCUT2D eigenvalue weighted by Gasteiger charge is 2.07. The van der Waals surface area contributed by atoms with Crippen LogP contribution in [0.2, 0.25) is 0 Å². The van der Waals surface area contributed by atoms with Crippen LogP contribution in [0.3, 0.4) is 0 Å². The van der Waals surface area contributed by atoms with Crippen LogP contribution in [0.25, 0.3) is 0 Å². The molecule has 0 aliphatic heterocycles. The van der Waals surface area contributed by atoms with Gasteiger partial charge in [-0.2, -0.15) is 0 Å². The van der Waals surface area contributed by atoms with Crippen LogP contribution >= 0.6 is 31.9 Å². The van der Waals surface area contributed by atoms with E-state index in [9.17, 15) is 0 Å². The molecule has 0 fully saturated rings. The Morgan fingerprint density at radius 3 is 2.76 bits per heavy atom. The predicted octanol–water partition coefficient (Wildman–Crippen LogP) is 5.08. The number of nitrogens with zero attached hydrogens (tertiary/aromatic N) is 1. The van der Waals surface area contributed by atoms with Gasteiger partial charge in [-0.05, 0) is 46.0 Å². The second-order valence-electron chi connectivity index (χ2n) is 3.55. The third-order valence-electron chi connectivity index (χ3n) is 2.35. The lowest BCUT2D eigenvalue weighted by Gasteiger charge is -2.11. The molecule has 0 amide bonds. The maximum absolute atomic E-state index is 4.08. The summed E-state index contributed by atoms with van der Waals surface area (Å²) in [6.07, 6.45) is 14.5. The first-order valence-corrected chi connectivity index (χ1v) is 6.95. The Balaban J connectivity index is 3.07. The Bertz CT molecular complexity index is 437. The fourth-order valence-electron chi connectivity index (χ4n) is 1.49. The van der Waals surface area contributed by atoms with Gasteiger partial charge in [0.05, 0.1) is 0 Å². The molecule has 3 heteroatoms. The molecule has 0 bridgehead atoms. The third-order valence-corrected chi connectivity index (χ3v) is 3.36. The zero-order chi connectivity index (χ0) is 12.7. The maximum Gasteiger partial charge on any atom is 0.100 e. The van der Waals surface area contributed by atoms with Crippen LogP contribution < -0.4 is 0 Å². The summed E-state index contributed by atoms with van der Waals surface area (Å²) in [5.74, 6) is 0. The minimum absolute atomic E-state index is 0.815. The number of hydrogen-bond acceptors (Lipinski definition) is 1. The fourth-order valence-corrected chi connectivity index (χ4v) is 2.08. The van der Waals surface area contributed by atoms with Crippen molar-refractivity contribution in [3.8, 4) is 0 Å². The predicted molar refractivity (Wildman–Crippen MR) is 84.0 cm³/mol. The summed E-state index contributed by atoms with van der Waals surface area (Å²) in [5.41, 5.74) is 2.34. The van der Waals surface area contributed by atoms with Gasteiger partial charge in [0.1, 0.15) is 4.62 Å². The average molecular weight is 357 g/mol. The Hall–Kier alpha value is -0.670. The second-order valence-corrected chi connectivity index (χ2v) is 5.32. The molecule has 0 aromatic heterocycles. The smallest absolute Gasteiger partial charge is 0.100 e. The van der Waals surface area contributed by atoms with E-state index in [0.29, 0.717) is 0 Å². The van der Waals surface area contributed by atoms with E-state index in [0.717, 1.165) is 27.5 Å². The molecule has 0 unspecified atom stereocenters. The van der Waals surface area contributed by atoms with Gasteiger partial charge in [-0.15, -0.1) is 0 Å². The molecule has 90 valence electrons. The van der Waals surface area contributed by atoms with Gasteiger partial charge in [0.25, 0.3) is 0 Å². The second kappa shape index (κ2) is 7.62. The van der Waals surface area contributed by atoms with E-state index in [1.807, 2.05) is 18.2 Å². The number of halogens is 2. The highest BCUT2D eigenvalue weighted by Crippen LogP contribution is 2.27. The molecular weight excluding hydrogens is 342 g/mol. The summed E-state index contributed by atoms with van der Waals surface area (Å²) in [6.45, 7) is 3.96. The Morgan fingerprint density at radius 1 is 1.35 bits per heavy atom. The van der Waals surface area contributed by atoms with Gasteiger partial charge in [0.15, 0.2) is 0 Å². The summed E-state index contributed by atoms with van der Waals surface area (Å²) >= 11 is 6.86. The molecule has 0 aromatic rings. The van der Waals surface area contributed by atoms with Crippen LogP contribution in [0.1, 0.15) is 12.8 Å². The maximum atomic E-state index is 4.08. The Morgan fingerprint density at radius 2 is 2.12 bits per heavy atom. The van der Waals surface area contributed by atoms with Gasteiger partial charge in [-0.1, -0.05) is 52.9 Å². The topological polar surface area (TPSA) is 12.4 Å². The van der Waals surface area contributed by atoms with Crippen molar-refractivity contribution in [2.45, 2.75) is 12.8 Å². The minimum atomic E-state index is 0.815. The van der Waals surface area contributed by atoms with Crippen molar-refractivity contribution >= 4 is 36.5 Å². The SMILES string of the molecule is C=C(Br)C(=C\C(Br)=N/C)/C1=C/C=C\C=C/CC1. The standard InChI is InChI=1S/C14H15Br2N/c1-11(15)13(10-14(16)17-2)12-8-6-4-3-5-7-9-12/h3-6,8,10H,1,7,9H2,2H3/b5-3-,6-4-,12-8+,13-10+,17-14+. The largest absolute Gasteiger partial charge is 0.281 e. The molecule has 0 radical (unpaired) electrons. The van der Waals surface area contributed by atoms with Gasteiger partial charge >= 0.3 is 0 Å². The van der Waals surface area contributed by atoms with Gasteiger partial charge in [0.2, 0.25) is 0 Å². The fraction of sp³-hybridized carbons (Fsp3) is 0.214. The molecule has 1 rings (SSSR count). The zero-order valence-electron chi connectivity index (χ0n) is 9.79. The molecule has 0 aromatic carbocycles. The van der Waals surface area contributed by atoms with Crippen molar-refractivity contribution in [1.82, 2.24) is 0 Å². The molecular formula is C14H15Br2N. The van der Waals surface area contributed by atoms with Crippen molar-refractivity contribution in [3.63, 3.8) is 0 Å². The van der Waals surface area contributed by atoms with Crippen LogP contribution in [0.15, 0.2) is 63.7 Å². The monoisotopic (exact) mass is 355 g/mol. The van der Waals surface area contributed by atoms with E-state index in [4.69, 9.17) is 0 Å². The summed E-state index contributed by atoms with van der Waals surface area (Å²) in [7, 11) is 1.75. The third kappa shape index (κ3) is 5.00. The van der Waals surface area contributed by atoms with Crippen LogP contribution in [0.4, 0.5) is 0 Å². The quantitative estimate of drug-likeness (QED) is 0.494. The Labute approximate surface area is 120 Å². The molecule has 1 aliphatic rings. The van der Waals surface area contributed by atoms with Gasteiger partial charge in [-0.25, -0.2) is 0 Å². The van der Waals surface area contributed by atoms with Crippen LogP contribution in [0, 0.1) is 0 Å². The number of hydrogen-bond donors (Lipinski definition) is 0. The van der Waals surface area contributed by atoms with Crippen LogP contribution in [-0.2, 0) is 0 Å². The molecule has 0 atom stereocenters. The number of allylic oxidation sites excluding steroid dienone is 9. The van der Waals surface area contributed by atoms with E-state index in [1.165, 1.54) is 5.57 Å². The van der Waals surface area contributed by atoms with Crippen LogP contribution in [0.5, 0.6) is 0 Å². The lowest BCUT2D eigenvalue weighted by molar-refractivity contribution is 0.992. The average Bonchev–Trinajstić information content (AvgIpc) is 2.25. The first kappa shape index (κ1) is 14.4. The normalized spacial score (nSPS) is 24.3.